The van der Waals surface area contributed by atoms with Gasteiger partial charge in [-0.25, -0.2) is 0 Å². The summed E-state index contributed by atoms with van der Waals surface area (Å²) in [5, 5.41) is 52.1. The van der Waals surface area contributed by atoms with Crippen LogP contribution in [0.15, 0.2) is 0 Å². The van der Waals surface area contributed by atoms with Gasteiger partial charge in [-0.2, -0.15) is 0 Å². The lowest BCUT2D eigenvalue weighted by atomic mass is 9.90. The van der Waals surface area contributed by atoms with Crippen LogP contribution >= 0.6 is 0 Å². The van der Waals surface area contributed by atoms with Gasteiger partial charge in [0.05, 0.1) is 12.5 Å². The predicted octanol–water partition coefficient (Wildman–Crippen LogP) is -1.73. The fraction of sp³-hybridized carbons (Fsp3) is 0.846. The summed E-state index contributed by atoms with van der Waals surface area (Å²) in [7, 11) is 0. The summed E-state index contributed by atoms with van der Waals surface area (Å²) < 4.78 is 0. The van der Waals surface area contributed by atoms with Crippen molar-refractivity contribution in [1.82, 2.24) is 0 Å². The van der Waals surface area contributed by atoms with E-state index in [4.69, 9.17) is 30.6 Å². The van der Waals surface area contributed by atoms with Crippen LogP contribution in [-0.2, 0) is 9.59 Å². The van der Waals surface area contributed by atoms with Crippen LogP contribution in [0.1, 0.15) is 32.1 Å². The molecule has 0 amide bonds. The van der Waals surface area contributed by atoms with E-state index in [9.17, 15) is 9.59 Å². The van der Waals surface area contributed by atoms with Gasteiger partial charge in [-0.3, -0.25) is 4.79 Å². The summed E-state index contributed by atoms with van der Waals surface area (Å²) in [5.41, 5.74) is 0. The molecule has 1 saturated carbocycles. The molecule has 8 heteroatoms. The van der Waals surface area contributed by atoms with E-state index < -0.39 is 37.0 Å². The van der Waals surface area contributed by atoms with Crippen molar-refractivity contribution in [2.75, 3.05) is 6.61 Å². The first-order valence-corrected chi connectivity index (χ1v) is 6.86. The Bertz CT molecular complexity index is 303. The van der Waals surface area contributed by atoms with Crippen LogP contribution in [0.3, 0.4) is 0 Å². The second-order valence-electron chi connectivity index (χ2n) is 5.03. The highest BCUT2D eigenvalue weighted by molar-refractivity contribution is 5.69. The lowest BCUT2D eigenvalue weighted by Crippen LogP contribution is -2.46. The Morgan fingerprint density at radius 1 is 1.05 bits per heavy atom. The molecular formula is C13H24O8. The molecule has 8 nitrogen and oxygen atoms in total. The molecule has 1 aliphatic rings. The lowest BCUT2D eigenvalue weighted by Gasteiger charge is -2.22. The molecule has 21 heavy (non-hydrogen) atoms. The fourth-order valence-electron chi connectivity index (χ4n) is 1.97. The third-order valence-corrected chi connectivity index (χ3v) is 3.37. The number of rotatable bonds is 6. The normalized spacial score (nSPS) is 21.4. The zero-order valence-electron chi connectivity index (χ0n) is 11.7. The molecule has 0 aliphatic heterocycles. The molecule has 0 bridgehead atoms. The summed E-state index contributed by atoms with van der Waals surface area (Å²) in [6, 6.07) is 0. The minimum absolute atomic E-state index is 0.0258. The number of carbonyl (C=O) groups is 2. The maximum atomic E-state index is 10.4. The van der Waals surface area contributed by atoms with Gasteiger partial charge in [0, 0.05) is 0 Å². The Morgan fingerprint density at radius 2 is 1.57 bits per heavy atom. The number of aliphatic hydroxyl groups is 5. The molecule has 0 aromatic carbocycles. The van der Waals surface area contributed by atoms with Gasteiger partial charge < -0.3 is 35.4 Å². The van der Waals surface area contributed by atoms with Gasteiger partial charge in [0.15, 0.2) is 6.29 Å². The third kappa shape index (κ3) is 7.49. The van der Waals surface area contributed by atoms with E-state index in [0.717, 1.165) is 25.7 Å². The van der Waals surface area contributed by atoms with Crippen LogP contribution in [-0.4, -0.2) is 73.9 Å². The van der Waals surface area contributed by atoms with E-state index in [2.05, 4.69) is 0 Å². The Labute approximate surface area is 122 Å². The van der Waals surface area contributed by atoms with Crippen molar-refractivity contribution in [3.8, 4) is 0 Å². The summed E-state index contributed by atoms with van der Waals surface area (Å²) in [6.07, 6.45) is -1.60. The molecule has 0 aromatic heterocycles. The topological polar surface area (TPSA) is 156 Å². The highest BCUT2D eigenvalue weighted by Crippen LogP contribution is 2.23. The van der Waals surface area contributed by atoms with Crippen LogP contribution < -0.4 is 0 Å². The number of hydrogen-bond donors (Lipinski definition) is 6. The first-order valence-electron chi connectivity index (χ1n) is 6.86. The molecule has 1 rings (SSSR count). The van der Waals surface area contributed by atoms with E-state index in [1.54, 1.807) is 0 Å². The van der Waals surface area contributed by atoms with Crippen molar-refractivity contribution in [3.05, 3.63) is 0 Å². The molecule has 0 radical (unpaired) electrons. The molecular weight excluding hydrogens is 284 g/mol. The molecule has 0 unspecified atom stereocenters. The molecule has 0 saturated heterocycles. The monoisotopic (exact) mass is 308 g/mol. The van der Waals surface area contributed by atoms with E-state index in [-0.39, 0.29) is 12.2 Å². The first-order chi connectivity index (χ1) is 9.84. The van der Waals surface area contributed by atoms with Gasteiger partial charge in [-0.15, -0.1) is 0 Å². The van der Waals surface area contributed by atoms with Crippen molar-refractivity contribution < 1.29 is 40.2 Å². The molecule has 4 atom stereocenters. The van der Waals surface area contributed by atoms with Gasteiger partial charge in [0.2, 0.25) is 0 Å². The zero-order valence-corrected chi connectivity index (χ0v) is 11.7. The Hall–Kier alpha value is -1.06. The van der Waals surface area contributed by atoms with Gasteiger partial charge in [0.1, 0.15) is 24.4 Å². The number of carbonyl (C=O) groups excluding carboxylic acids is 1. The summed E-state index contributed by atoms with van der Waals surface area (Å²) in [6.45, 7) is -0.760. The number of aldehydes is 1. The van der Waals surface area contributed by atoms with Crippen LogP contribution in [0.4, 0.5) is 0 Å². The number of carboxylic acid groups (broad SMARTS) is 1. The quantitative estimate of drug-likeness (QED) is 0.316. The second kappa shape index (κ2) is 10.6. The molecule has 0 heterocycles. The maximum absolute atomic E-state index is 10.4. The third-order valence-electron chi connectivity index (χ3n) is 3.37. The van der Waals surface area contributed by atoms with Crippen molar-refractivity contribution in [1.29, 1.82) is 0 Å². The van der Waals surface area contributed by atoms with Crippen LogP contribution in [0.5, 0.6) is 0 Å². The van der Waals surface area contributed by atoms with E-state index in [1.807, 2.05) is 0 Å². The average molecular weight is 308 g/mol. The van der Waals surface area contributed by atoms with Crippen molar-refractivity contribution in [2.45, 2.75) is 56.5 Å². The van der Waals surface area contributed by atoms with Crippen molar-refractivity contribution in [2.24, 2.45) is 5.92 Å². The van der Waals surface area contributed by atoms with Crippen LogP contribution in [0.2, 0.25) is 0 Å². The standard InChI is InChI=1S/C7H12O2.C6H12O6/c8-7(9)6-4-2-1-3-5-6;7-1-3(9)5(11)6(12)4(10)2-8/h6H,1-5H2,(H,8,9);1,3-6,8-12H,2H2/t;3-,4+,5+,6+/m.0/s1. The minimum Gasteiger partial charge on any atom is -0.481 e. The molecule has 6 N–H and O–H groups in total. The maximum Gasteiger partial charge on any atom is 0.306 e. The largest absolute Gasteiger partial charge is 0.481 e. The molecule has 1 fully saturated rings. The average Bonchev–Trinajstić information content (AvgIpc) is 2.53. The Balaban J connectivity index is 0.000000394. The second-order valence-corrected chi connectivity index (χ2v) is 5.03. The fourth-order valence-corrected chi connectivity index (χ4v) is 1.97. The lowest BCUT2D eigenvalue weighted by molar-refractivity contribution is -0.142. The predicted molar refractivity (Wildman–Crippen MR) is 71.4 cm³/mol. The number of hydrogen-bond acceptors (Lipinski definition) is 7. The van der Waals surface area contributed by atoms with Gasteiger partial charge in [-0.1, -0.05) is 19.3 Å². The highest BCUT2D eigenvalue weighted by Gasteiger charge is 2.29. The number of carboxylic acids is 1. The summed E-state index contributed by atoms with van der Waals surface area (Å²) in [4.78, 5) is 20.3. The molecule has 124 valence electrons. The zero-order chi connectivity index (χ0) is 16.4. The Morgan fingerprint density at radius 3 is 1.90 bits per heavy atom. The van der Waals surface area contributed by atoms with E-state index in [0.29, 0.717) is 0 Å². The van der Waals surface area contributed by atoms with Gasteiger partial charge in [-0.05, 0) is 12.8 Å². The van der Waals surface area contributed by atoms with Crippen molar-refractivity contribution in [3.63, 3.8) is 0 Å². The summed E-state index contributed by atoms with van der Waals surface area (Å²) in [5.74, 6) is -0.631. The minimum atomic E-state index is -1.79. The van der Waals surface area contributed by atoms with Gasteiger partial charge >= 0.3 is 5.97 Å². The van der Waals surface area contributed by atoms with Crippen LogP contribution in [0.25, 0.3) is 0 Å². The smallest absolute Gasteiger partial charge is 0.306 e. The summed E-state index contributed by atoms with van der Waals surface area (Å²) >= 11 is 0. The van der Waals surface area contributed by atoms with E-state index >= 15 is 0 Å². The van der Waals surface area contributed by atoms with Gasteiger partial charge in [0.25, 0.3) is 0 Å². The van der Waals surface area contributed by atoms with E-state index in [1.165, 1.54) is 6.42 Å². The molecule has 1 aliphatic carbocycles. The highest BCUT2D eigenvalue weighted by atomic mass is 16.4. The number of aliphatic carboxylic acids is 1. The molecule has 0 spiro atoms. The van der Waals surface area contributed by atoms with Crippen LogP contribution in [0, 0.1) is 5.92 Å². The number of aliphatic hydroxyl groups excluding tert-OH is 5. The Kier molecular flexibility index (Phi) is 10.1. The van der Waals surface area contributed by atoms with Crippen molar-refractivity contribution >= 4 is 12.3 Å². The first kappa shape index (κ1) is 19.9. The molecule has 0 aromatic rings. The SMILES string of the molecule is O=C(O)C1CCCCC1.O=C[C@H](O)[C@@H](O)[C@H](O)[C@H](O)CO.